The molecule has 0 amide bonds. The minimum absolute atomic E-state index is 0. The third kappa shape index (κ3) is 5.39. The van der Waals surface area contributed by atoms with Crippen LogP contribution in [0.25, 0.3) is 0 Å². The summed E-state index contributed by atoms with van der Waals surface area (Å²) in [4.78, 5) is 0. The molecule has 0 aliphatic heterocycles. The molecule has 21 heavy (non-hydrogen) atoms. The Bertz CT molecular complexity index is 455. The Labute approximate surface area is 124 Å². The molecule has 0 spiro atoms. The zero-order valence-electron chi connectivity index (χ0n) is 11.2. The molecule has 0 radical (unpaired) electrons. The topological polar surface area (TPSA) is 26.0 Å². The zero-order valence-corrected chi connectivity index (χ0v) is 12.0. The van der Waals surface area contributed by atoms with E-state index in [9.17, 15) is 26.3 Å². The molecule has 0 aromatic heterocycles. The van der Waals surface area contributed by atoms with Crippen LogP contribution in [0.3, 0.4) is 0 Å². The van der Waals surface area contributed by atoms with Gasteiger partial charge >= 0.3 is 12.4 Å². The predicted molar refractivity (Wildman–Crippen MR) is 70.1 cm³/mol. The van der Waals surface area contributed by atoms with Crippen molar-refractivity contribution in [2.24, 2.45) is 5.73 Å². The van der Waals surface area contributed by atoms with Crippen molar-refractivity contribution in [2.45, 2.75) is 44.6 Å². The summed E-state index contributed by atoms with van der Waals surface area (Å²) in [5.74, 6) is 0. The van der Waals surface area contributed by atoms with Gasteiger partial charge in [0.2, 0.25) is 0 Å². The molecule has 0 unspecified atom stereocenters. The minimum Gasteiger partial charge on any atom is -0.324 e. The summed E-state index contributed by atoms with van der Waals surface area (Å²) in [5.41, 5.74) is 2.90. The molecule has 1 rings (SSSR count). The molecule has 0 aliphatic rings. The van der Waals surface area contributed by atoms with Gasteiger partial charge in [0.1, 0.15) is 0 Å². The molecule has 8 heteroatoms. The third-order valence-electron chi connectivity index (χ3n) is 2.95. The van der Waals surface area contributed by atoms with Gasteiger partial charge in [0.15, 0.2) is 0 Å². The van der Waals surface area contributed by atoms with E-state index in [1.165, 1.54) is 0 Å². The highest BCUT2D eigenvalue weighted by molar-refractivity contribution is 5.85. The fourth-order valence-electron chi connectivity index (χ4n) is 1.88. The summed E-state index contributed by atoms with van der Waals surface area (Å²) in [6.45, 7) is 1.82. The molecule has 2 N–H and O–H groups in total. The molecule has 1 aromatic rings. The van der Waals surface area contributed by atoms with Crippen molar-refractivity contribution < 1.29 is 26.3 Å². The van der Waals surface area contributed by atoms with E-state index < -0.39 is 35.1 Å². The maximum atomic E-state index is 12.8. The molecular weight excluding hydrogens is 320 g/mol. The predicted octanol–water partition coefficient (Wildman–Crippen LogP) is 5.34. The zero-order chi connectivity index (χ0) is 15.6. The van der Waals surface area contributed by atoms with Gasteiger partial charge in [0.05, 0.1) is 11.1 Å². The van der Waals surface area contributed by atoms with Crippen LogP contribution in [0.5, 0.6) is 0 Å². The summed E-state index contributed by atoms with van der Waals surface area (Å²) >= 11 is 0. The average molecular weight is 336 g/mol. The minimum atomic E-state index is -4.72. The van der Waals surface area contributed by atoms with Crippen LogP contribution in [0.1, 0.15) is 48.9 Å². The number of hydrogen-bond donors (Lipinski definition) is 1. The molecule has 0 saturated heterocycles. The Morgan fingerprint density at radius 2 is 1.62 bits per heavy atom. The van der Waals surface area contributed by atoms with Crippen LogP contribution in [0.2, 0.25) is 0 Å². The molecule has 0 heterocycles. The molecule has 122 valence electrons. The molecule has 0 bridgehead atoms. The number of nitrogens with two attached hydrogens (primary N) is 1. The van der Waals surface area contributed by atoms with Crippen molar-refractivity contribution in [3.05, 3.63) is 34.9 Å². The molecule has 0 saturated carbocycles. The largest absolute Gasteiger partial charge is 0.416 e. The fraction of sp³-hybridized carbons (Fsp3) is 0.538. The van der Waals surface area contributed by atoms with Crippen molar-refractivity contribution in [3.8, 4) is 0 Å². The fourth-order valence-corrected chi connectivity index (χ4v) is 1.88. The van der Waals surface area contributed by atoms with Crippen LogP contribution >= 0.6 is 12.4 Å². The smallest absolute Gasteiger partial charge is 0.324 e. The lowest BCUT2D eigenvalue weighted by Crippen LogP contribution is -2.19. The van der Waals surface area contributed by atoms with Crippen LogP contribution in [0.15, 0.2) is 18.2 Å². The van der Waals surface area contributed by atoms with Gasteiger partial charge in [0.25, 0.3) is 0 Å². The first-order valence-corrected chi connectivity index (χ1v) is 6.11. The molecule has 0 fully saturated rings. The highest BCUT2D eigenvalue weighted by Crippen LogP contribution is 2.39. The van der Waals surface area contributed by atoms with E-state index in [1.807, 2.05) is 6.92 Å². The maximum absolute atomic E-state index is 12.8. The number of benzene rings is 1. The number of alkyl halides is 6. The normalized spacial score (nSPS) is 13.7. The Kier molecular flexibility index (Phi) is 7.02. The van der Waals surface area contributed by atoms with E-state index in [4.69, 9.17) is 5.73 Å². The van der Waals surface area contributed by atoms with Crippen molar-refractivity contribution in [1.29, 1.82) is 0 Å². The van der Waals surface area contributed by atoms with Gasteiger partial charge in [-0.2, -0.15) is 26.3 Å². The van der Waals surface area contributed by atoms with Gasteiger partial charge in [-0.15, -0.1) is 12.4 Å². The van der Waals surface area contributed by atoms with E-state index >= 15 is 0 Å². The van der Waals surface area contributed by atoms with Crippen LogP contribution in [-0.2, 0) is 12.4 Å². The highest BCUT2D eigenvalue weighted by atomic mass is 35.5. The number of hydrogen-bond acceptors (Lipinski definition) is 1. The van der Waals surface area contributed by atoms with Gasteiger partial charge in [-0.25, -0.2) is 0 Å². The SMILES string of the molecule is CCCC[C@@H](N)c1cc(C(F)(F)F)ccc1C(F)(F)F.Cl. The van der Waals surface area contributed by atoms with Crippen molar-refractivity contribution in [2.75, 3.05) is 0 Å². The Hall–Kier alpha value is -0.950. The highest BCUT2D eigenvalue weighted by Gasteiger charge is 2.37. The van der Waals surface area contributed by atoms with E-state index in [2.05, 4.69) is 0 Å². The number of unbranched alkanes of at least 4 members (excludes halogenated alkanes) is 1. The lowest BCUT2D eigenvalue weighted by Gasteiger charge is -2.20. The van der Waals surface area contributed by atoms with E-state index in [0.717, 1.165) is 0 Å². The standard InChI is InChI=1S/C13H15F6N.ClH/c1-2-3-4-11(20)9-7-8(12(14,15)16)5-6-10(9)13(17,18)19;/h5-7,11H,2-4,20H2,1H3;1H/t11-;/m1./s1. The summed E-state index contributed by atoms with van der Waals surface area (Å²) < 4.78 is 76.2. The third-order valence-corrected chi connectivity index (χ3v) is 2.95. The second-order valence-corrected chi connectivity index (χ2v) is 4.55. The van der Waals surface area contributed by atoms with Crippen molar-refractivity contribution in [1.82, 2.24) is 0 Å². The Balaban J connectivity index is 0.00000400. The van der Waals surface area contributed by atoms with Crippen molar-refractivity contribution in [3.63, 3.8) is 0 Å². The first-order valence-electron chi connectivity index (χ1n) is 6.11. The first-order chi connectivity index (χ1) is 9.07. The second-order valence-electron chi connectivity index (χ2n) is 4.55. The van der Waals surface area contributed by atoms with E-state index in [0.29, 0.717) is 31.0 Å². The molecular formula is C13H16ClF6N. The lowest BCUT2D eigenvalue weighted by atomic mass is 9.94. The van der Waals surface area contributed by atoms with E-state index in [-0.39, 0.29) is 18.8 Å². The summed E-state index contributed by atoms with van der Waals surface area (Å²) in [7, 11) is 0. The van der Waals surface area contributed by atoms with Gasteiger partial charge in [-0.05, 0) is 30.2 Å². The average Bonchev–Trinajstić information content (AvgIpc) is 2.33. The molecule has 0 aliphatic carbocycles. The number of rotatable bonds is 4. The Morgan fingerprint density at radius 3 is 2.05 bits per heavy atom. The van der Waals surface area contributed by atoms with Gasteiger partial charge in [-0.3, -0.25) is 0 Å². The van der Waals surface area contributed by atoms with Gasteiger partial charge in [0, 0.05) is 6.04 Å². The van der Waals surface area contributed by atoms with Crippen LogP contribution in [-0.4, -0.2) is 0 Å². The quantitative estimate of drug-likeness (QED) is 0.739. The van der Waals surface area contributed by atoms with Crippen LogP contribution < -0.4 is 5.73 Å². The number of halogens is 7. The molecule has 1 aromatic carbocycles. The van der Waals surface area contributed by atoms with Crippen LogP contribution in [0.4, 0.5) is 26.3 Å². The maximum Gasteiger partial charge on any atom is 0.416 e. The van der Waals surface area contributed by atoms with E-state index in [1.54, 1.807) is 0 Å². The van der Waals surface area contributed by atoms with Gasteiger partial charge < -0.3 is 5.73 Å². The summed E-state index contributed by atoms with van der Waals surface area (Å²) in [6.07, 6.45) is -7.95. The van der Waals surface area contributed by atoms with Crippen molar-refractivity contribution >= 4 is 12.4 Å². The first kappa shape index (κ1) is 20.1. The summed E-state index contributed by atoms with van der Waals surface area (Å²) in [6, 6.07) is 0.320. The Morgan fingerprint density at radius 1 is 1.05 bits per heavy atom. The van der Waals surface area contributed by atoms with Gasteiger partial charge in [-0.1, -0.05) is 19.8 Å². The summed E-state index contributed by atoms with van der Waals surface area (Å²) in [5, 5.41) is 0. The molecule has 1 atom stereocenters. The van der Waals surface area contributed by atoms with Crippen LogP contribution in [0, 0.1) is 0 Å². The lowest BCUT2D eigenvalue weighted by molar-refractivity contribution is -0.142. The second kappa shape index (κ2) is 7.35. The monoisotopic (exact) mass is 335 g/mol. The molecule has 1 nitrogen and oxygen atoms in total.